The highest BCUT2D eigenvalue weighted by Crippen LogP contribution is 2.46. The van der Waals surface area contributed by atoms with Gasteiger partial charge in [0.25, 0.3) is 0 Å². The Bertz CT molecular complexity index is 771. The molecule has 2 aliphatic rings. The summed E-state index contributed by atoms with van der Waals surface area (Å²) < 4.78 is 13.6. The topological polar surface area (TPSA) is 49.2 Å². The summed E-state index contributed by atoms with van der Waals surface area (Å²) in [6.45, 7) is 2.96. The number of fused-ring (bicyclic) bond motifs is 2. The third-order valence-electron chi connectivity index (χ3n) is 5.76. The molecule has 1 N–H and O–H groups in total. The molecule has 4 nitrogen and oxygen atoms in total. The van der Waals surface area contributed by atoms with E-state index in [0.717, 1.165) is 42.3 Å². The molecule has 0 aliphatic carbocycles. The molecule has 2 fully saturated rings. The van der Waals surface area contributed by atoms with Crippen molar-refractivity contribution in [3.05, 3.63) is 53.6 Å². The van der Waals surface area contributed by atoms with Gasteiger partial charge < -0.3 is 5.11 Å². The molecule has 2 aliphatic heterocycles. The lowest BCUT2D eigenvalue weighted by Gasteiger charge is -2.44. The quantitative estimate of drug-likeness (QED) is 0.596. The highest BCUT2D eigenvalue weighted by Gasteiger charge is 2.48. The molecule has 3 heterocycles. The van der Waals surface area contributed by atoms with Crippen LogP contribution < -0.4 is 0 Å². The van der Waals surface area contributed by atoms with Crippen molar-refractivity contribution in [3.63, 3.8) is 0 Å². The summed E-state index contributed by atoms with van der Waals surface area (Å²) in [5, 5.41) is 12.1. The van der Waals surface area contributed by atoms with Crippen molar-refractivity contribution in [1.29, 1.82) is 0 Å². The van der Waals surface area contributed by atoms with Gasteiger partial charge in [-0.05, 0) is 49.8 Å². The Labute approximate surface area is 164 Å². The van der Waals surface area contributed by atoms with Gasteiger partial charge in [0.15, 0.2) is 5.16 Å². The lowest BCUT2D eigenvalue weighted by atomic mass is 9.80. The number of thioether (sulfide) groups is 1. The molecule has 0 radical (unpaired) electrons. The Morgan fingerprint density at radius 2 is 1.93 bits per heavy atom. The zero-order valence-electron chi connectivity index (χ0n) is 15.6. The minimum absolute atomic E-state index is 0.283. The van der Waals surface area contributed by atoms with Gasteiger partial charge in [0, 0.05) is 42.3 Å². The highest BCUT2D eigenvalue weighted by atomic mass is 32.2. The van der Waals surface area contributed by atoms with E-state index in [1.54, 1.807) is 17.8 Å². The summed E-state index contributed by atoms with van der Waals surface area (Å²) in [6.07, 6.45) is 8.43. The van der Waals surface area contributed by atoms with Crippen molar-refractivity contribution in [2.45, 2.75) is 68.4 Å². The monoisotopic (exact) mass is 387 g/mol. The Balaban J connectivity index is 1.45. The van der Waals surface area contributed by atoms with Gasteiger partial charge >= 0.3 is 0 Å². The molecule has 2 atom stereocenters. The third kappa shape index (κ3) is 4.03. The number of halogens is 1. The van der Waals surface area contributed by atoms with Crippen LogP contribution >= 0.6 is 11.8 Å². The molecule has 144 valence electrons. The molecular formula is C21H26FN3OS. The Morgan fingerprint density at radius 1 is 1.22 bits per heavy atom. The van der Waals surface area contributed by atoms with Gasteiger partial charge in [-0.25, -0.2) is 14.4 Å². The smallest absolute Gasteiger partial charge is 0.187 e. The van der Waals surface area contributed by atoms with Crippen LogP contribution in [-0.2, 0) is 12.1 Å². The maximum Gasteiger partial charge on any atom is 0.187 e. The molecule has 6 heteroatoms. The first kappa shape index (κ1) is 18.8. The molecule has 0 spiro atoms. The predicted molar refractivity (Wildman–Crippen MR) is 105 cm³/mol. The average molecular weight is 388 g/mol. The minimum Gasteiger partial charge on any atom is -0.385 e. The van der Waals surface area contributed by atoms with E-state index < -0.39 is 5.60 Å². The van der Waals surface area contributed by atoms with Crippen molar-refractivity contribution in [2.75, 3.05) is 5.75 Å². The maximum absolute atomic E-state index is 13.6. The van der Waals surface area contributed by atoms with Crippen LogP contribution in [0.2, 0.25) is 0 Å². The number of rotatable bonds is 6. The van der Waals surface area contributed by atoms with E-state index >= 15 is 0 Å². The number of nitrogens with zero attached hydrogens (tertiary/aromatic N) is 3. The van der Waals surface area contributed by atoms with Crippen LogP contribution in [0.5, 0.6) is 0 Å². The van der Waals surface area contributed by atoms with Crippen LogP contribution in [0.1, 0.15) is 50.2 Å². The van der Waals surface area contributed by atoms with Gasteiger partial charge in [0.05, 0.1) is 5.60 Å². The maximum atomic E-state index is 13.6. The minimum atomic E-state index is -0.929. The lowest BCUT2D eigenvalue weighted by Crippen LogP contribution is -2.49. The summed E-state index contributed by atoms with van der Waals surface area (Å²) >= 11 is 1.69. The van der Waals surface area contributed by atoms with E-state index in [4.69, 9.17) is 0 Å². The van der Waals surface area contributed by atoms with Gasteiger partial charge in [0.1, 0.15) is 5.82 Å². The second-order valence-electron chi connectivity index (χ2n) is 7.73. The Hall–Kier alpha value is -1.50. The fraction of sp³-hybridized carbons (Fsp3) is 0.524. The van der Waals surface area contributed by atoms with E-state index in [2.05, 4.69) is 21.8 Å². The molecular weight excluding hydrogens is 361 g/mol. The molecule has 27 heavy (non-hydrogen) atoms. The van der Waals surface area contributed by atoms with Crippen molar-refractivity contribution < 1.29 is 9.50 Å². The normalized spacial score (nSPS) is 27.8. The van der Waals surface area contributed by atoms with Crippen molar-refractivity contribution in [1.82, 2.24) is 14.9 Å². The first-order valence-electron chi connectivity index (χ1n) is 9.75. The molecule has 2 saturated heterocycles. The summed E-state index contributed by atoms with van der Waals surface area (Å²) in [7, 11) is 0. The Morgan fingerprint density at radius 3 is 2.56 bits per heavy atom. The first-order chi connectivity index (χ1) is 13.1. The molecule has 0 unspecified atom stereocenters. The number of piperidine rings is 1. The van der Waals surface area contributed by atoms with Crippen molar-refractivity contribution in [2.24, 2.45) is 0 Å². The third-order valence-corrected chi connectivity index (χ3v) is 6.84. The number of benzene rings is 1. The zero-order chi connectivity index (χ0) is 18.9. The van der Waals surface area contributed by atoms with E-state index in [1.165, 1.54) is 12.1 Å². The SMILES string of the molecule is CCCSc1ncc(CN2[C@@H]3CC[C@@H]2CC(O)(c2cccc(F)c2)C3)cn1. The van der Waals surface area contributed by atoms with E-state index in [0.29, 0.717) is 30.5 Å². The van der Waals surface area contributed by atoms with E-state index in [9.17, 15) is 9.50 Å². The van der Waals surface area contributed by atoms with Gasteiger partial charge in [0.2, 0.25) is 0 Å². The van der Waals surface area contributed by atoms with E-state index in [-0.39, 0.29) is 5.82 Å². The van der Waals surface area contributed by atoms with Crippen LogP contribution in [0.4, 0.5) is 4.39 Å². The number of aromatic nitrogens is 2. The molecule has 4 rings (SSSR count). The second kappa shape index (κ2) is 7.86. The molecule has 2 bridgehead atoms. The van der Waals surface area contributed by atoms with Gasteiger partial charge in [-0.1, -0.05) is 30.8 Å². The van der Waals surface area contributed by atoms with Crippen LogP contribution in [0.15, 0.2) is 41.8 Å². The summed E-state index contributed by atoms with van der Waals surface area (Å²) in [4.78, 5) is 11.4. The van der Waals surface area contributed by atoms with Crippen LogP contribution in [0.3, 0.4) is 0 Å². The molecule has 0 saturated carbocycles. The first-order valence-corrected chi connectivity index (χ1v) is 10.7. The van der Waals surface area contributed by atoms with E-state index in [1.807, 2.05) is 18.5 Å². The highest BCUT2D eigenvalue weighted by molar-refractivity contribution is 7.99. The fourth-order valence-electron chi connectivity index (χ4n) is 4.49. The largest absolute Gasteiger partial charge is 0.385 e. The fourth-order valence-corrected chi connectivity index (χ4v) is 5.13. The number of hydrogen-bond donors (Lipinski definition) is 1. The zero-order valence-corrected chi connectivity index (χ0v) is 16.5. The lowest BCUT2D eigenvalue weighted by molar-refractivity contribution is -0.0597. The van der Waals surface area contributed by atoms with Crippen molar-refractivity contribution in [3.8, 4) is 0 Å². The summed E-state index contributed by atoms with van der Waals surface area (Å²) in [5.41, 5.74) is 0.894. The molecule has 1 aromatic carbocycles. The number of aliphatic hydroxyl groups is 1. The molecule has 0 amide bonds. The predicted octanol–water partition coefficient (Wildman–Crippen LogP) is 4.13. The van der Waals surface area contributed by atoms with Crippen LogP contribution in [0, 0.1) is 5.82 Å². The van der Waals surface area contributed by atoms with Crippen molar-refractivity contribution >= 4 is 11.8 Å². The van der Waals surface area contributed by atoms with Gasteiger partial charge in [-0.15, -0.1) is 0 Å². The van der Waals surface area contributed by atoms with Gasteiger partial charge in [-0.2, -0.15) is 0 Å². The molecule has 2 aromatic rings. The number of hydrogen-bond acceptors (Lipinski definition) is 5. The standard InChI is InChI=1S/C21H26FN3OS/c1-2-8-27-20-23-12-15(13-24-20)14-25-18-6-7-19(25)11-21(26,10-18)16-4-3-5-17(22)9-16/h3-5,9,12-13,18-19,26H,2,6-8,10-11,14H2,1H3/t18-,19-/m1/s1. The van der Waals surface area contributed by atoms with Gasteiger partial charge in [-0.3, -0.25) is 4.90 Å². The summed E-state index contributed by atoms with van der Waals surface area (Å²) in [6, 6.07) is 7.07. The van der Waals surface area contributed by atoms with Crippen LogP contribution in [0.25, 0.3) is 0 Å². The average Bonchev–Trinajstić information content (AvgIpc) is 2.91. The summed E-state index contributed by atoms with van der Waals surface area (Å²) in [5.74, 6) is 0.753. The molecule has 1 aromatic heterocycles. The van der Waals surface area contributed by atoms with Crippen LogP contribution in [-0.4, -0.2) is 37.8 Å². The second-order valence-corrected chi connectivity index (χ2v) is 8.79. The Kier molecular flexibility index (Phi) is 5.48.